The number of ether oxygens (including phenoxy) is 1. The quantitative estimate of drug-likeness (QED) is 0.151. The molecule has 0 bridgehead atoms. The molecule has 13 rings (SSSR count). The summed E-state index contributed by atoms with van der Waals surface area (Å²) in [6.07, 6.45) is 8.77. The van der Waals surface area contributed by atoms with Crippen molar-refractivity contribution in [3.8, 4) is 55.9 Å². The van der Waals surface area contributed by atoms with Gasteiger partial charge in [0.2, 0.25) is 0 Å². The summed E-state index contributed by atoms with van der Waals surface area (Å²) in [6, 6.07) is 81.1. The van der Waals surface area contributed by atoms with Crippen LogP contribution in [0.2, 0.25) is 0 Å². The Morgan fingerprint density at radius 2 is 0.947 bits per heavy atom. The minimum Gasteiger partial charge on any atom is -0.482 e. The average molecular weight is 983 g/mol. The Morgan fingerprint density at radius 3 is 1.59 bits per heavy atom. The summed E-state index contributed by atoms with van der Waals surface area (Å²) < 4.78 is 9.56. The fourth-order valence-electron chi connectivity index (χ4n) is 12.2. The Morgan fingerprint density at radius 1 is 0.447 bits per heavy atom. The van der Waals surface area contributed by atoms with Crippen LogP contribution >= 0.6 is 0 Å². The SMILES string of the molecule is CC(C)(C)c1cc(-c2cccc3cccc(-c4ccccc4N(c4ccccc4-c4cccc5c4OC4(C)C=CC=CC54)c4ccccc4-c4cccc5c4c4ccccc4n5-c4ccccc4)c23)cc(C(C)(C)C)c1. The van der Waals surface area contributed by atoms with Gasteiger partial charge in [-0.25, -0.2) is 0 Å². The topological polar surface area (TPSA) is 17.4 Å². The monoisotopic (exact) mass is 982 g/mol. The fourth-order valence-corrected chi connectivity index (χ4v) is 12.2. The van der Waals surface area contributed by atoms with Crippen molar-refractivity contribution in [2.24, 2.45) is 0 Å². The molecule has 0 radical (unpaired) electrons. The molecule has 1 aliphatic heterocycles. The number of fused-ring (bicyclic) bond motifs is 7. The lowest BCUT2D eigenvalue weighted by atomic mass is 9.78. The molecule has 10 aromatic carbocycles. The minimum atomic E-state index is -0.481. The van der Waals surface area contributed by atoms with E-state index in [0.717, 1.165) is 56.3 Å². The molecule has 2 aliphatic rings. The second-order valence-electron chi connectivity index (χ2n) is 23.0. The van der Waals surface area contributed by atoms with Crippen LogP contribution in [-0.4, -0.2) is 10.2 Å². The van der Waals surface area contributed by atoms with Crippen molar-refractivity contribution in [3.05, 3.63) is 259 Å². The van der Waals surface area contributed by atoms with Crippen molar-refractivity contribution in [2.45, 2.75) is 70.8 Å². The number of hydrogen-bond acceptors (Lipinski definition) is 2. The predicted octanol–water partition coefficient (Wildman–Crippen LogP) is 20.0. The number of allylic oxidation sites excluding steroid dienone is 2. The normalized spacial score (nSPS) is 16.0. The Kier molecular flexibility index (Phi) is 11.2. The molecular formula is C73H62N2O. The highest BCUT2D eigenvalue weighted by atomic mass is 16.5. The van der Waals surface area contributed by atoms with E-state index >= 15 is 0 Å². The van der Waals surface area contributed by atoms with Crippen molar-refractivity contribution in [3.63, 3.8) is 0 Å². The van der Waals surface area contributed by atoms with E-state index in [9.17, 15) is 0 Å². The first-order valence-corrected chi connectivity index (χ1v) is 26.9. The van der Waals surface area contributed by atoms with Gasteiger partial charge in [0.25, 0.3) is 0 Å². The summed E-state index contributed by atoms with van der Waals surface area (Å²) in [7, 11) is 0. The number of nitrogens with zero attached hydrogens (tertiary/aromatic N) is 2. The lowest BCUT2D eigenvalue weighted by molar-refractivity contribution is 0.156. The average Bonchev–Trinajstić information content (AvgIpc) is 3.98. The molecule has 0 saturated carbocycles. The van der Waals surface area contributed by atoms with E-state index in [1.807, 2.05) is 0 Å². The van der Waals surface area contributed by atoms with Gasteiger partial charge in [-0.3, -0.25) is 0 Å². The van der Waals surface area contributed by atoms with Gasteiger partial charge in [0.15, 0.2) is 0 Å². The number of rotatable bonds is 8. The van der Waals surface area contributed by atoms with Crippen molar-refractivity contribution >= 4 is 49.6 Å². The van der Waals surface area contributed by atoms with E-state index in [0.29, 0.717) is 0 Å². The van der Waals surface area contributed by atoms with Crippen LogP contribution in [-0.2, 0) is 10.8 Å². The molecule has 0 spiro atoms. The molecule has 2 unspecified atom stereocenters. The van der Waals surface area contributed by atoms with Crippen LogP contribution in [0, 0.1) is 0 Å². The molecule has 3 heteroatoms. The third-order valence-electron chi connectivity index (χ3n) is 16.1. The molecule has 0 fully saturated rings. The zero-order valence-electron chi connectivity index (χ0n) is 44.5. The van der Waals surface area contributed by atoms with Gasteiger partial charge in [-0.2, -0.15) is 0 Å². The lowest BCUT2D eigenvalue weighted by Gasteiger charge is -2.32. The molecule has 3 nitrogen and oxygen atoms in total. The summed E-state index contributed by atoms with van der Waals surface area (Å²) in [5.41, 5.74) is 19.2. The molecule has 370 valence electrons. The second kappa shape index (κ2) is 18.0. The molecule has 11 aromatic rings. The first-order chi connectivity index (χ1) is 36.9. The van der Waals surface area contributed by atoms with E-state index in [-0.39, 0.29) is 16.7 Å². The standard InChI is InChI=1S/C73H62N2O/c1-71(2,3)50-45-49(46-51(47-50)72(4,5)6)53-33-21-25-48-26-22-34-57(68(48)53)54-29-11-15-39-63(54)75(65-41-17-13-31-56(65)59-36-23-37-60-62-38-19-20-44-73(62,7)76-70(59)60)64-40-16-12-30-55(64)58-35-24-43-67-69(58)61-32-14-18-42-66(61)74(67)52-27-9-8-10-28-52/h8-47,62H,1-7H3. The van der Waals surface area contributed by atoms with Crippen LogP contribution in [0.4, 0.5) is 17.1 Å². The highest BCUT2D eigenvalue weighted by Gasteiger charge is 2.44. The molecule has 0 N–H and O–H groups in total. The van der Waals surface area contributed by atoms with Gasteiger partial charge in [0.1, 0.15) is 11.4 Å². The van der Waals surface area contributed by atoms with Gasteiger partial charge in [0.05, 0.1) is 28.1 Å². The minimum absolute atomic E-state index is 0.0366. The van der Waals surface area contributed by atoms with Crippen molar-refractivity contribution in [2.75, 3.05) is 4.90 Å². The van der Waals surface area contributed by atoms with Gasteiger partial charge < -0.3 is 14.2 Å². The number of aromatic nitrogens is 1. The van der Waals surface area contributed by atoms with Gasteiger partial charge in [-0.05, 0) is 110 Å². The zero-order valence-corrected chi connectivity index (χ0v) is 44.5. The van der Waals surface area contributed by atoms with Crippen molar-refractivity contribution in [1.82, 2.24) is 4.57 Å². The van der Waals surface area contributed by atoms with Crippen LogP contribution in [0.1, 0.15) is 71.1 Å². The third kappa shape index (κ3) is 7.79. The summed E-state index contributed by atoms with van der Waals surface area (Å²) in [4.78, 5) is 2.54. The van der Waals surface area contributed by atoms with Gasteiger partial charge in [-0.15, -0.1) is 0 Å². The first kappa shape index (κ1) is 47.1. The molecule has 0 saturated heterocycles. The van der Waals surface area contributed by atoms with E-state index in [2.05, 4.69) is 301 Å². The van der Waals surface area contributed by atoms with E-state index in [1.54, 1.807) is 0 Å². The number of benzene rings is 10. The maximum Gasteiger partial charge on any atom is 0.135 e. The highest BCUT2D eigenvalue weighted by Crippen LogP contribution is 2.56. The second-order valence-corrected chi connectivity index (χ2v) is 23.0. The summed E-state index contributed by atoms with van der Waals surface area (Å²) in [5.74, 6) is 1.05. The van der Waals surface area contributed by atoms with Crippen LogP contribution in [0.3, 0.4) is 0 Å². The Hall–Kier alpha value is -8.66. The van der Waals surface area contributed by atoms with Crippen molar-refractivity contribution in [1.29, 1.82) is 0 Å². The van der Waals surface area contributed by atoms with Crippen LogP contribution < -0.4 is 9.64 Å². The number of para-hydroxylation sites is 6. The Balaban J connectivity index is 1.10. The van der Waals surface area contributed by atoms with Gasteiger partial charge in [0, 0.05) is 50.2 Å². The van der Waals surface area contributed by atoms with Crippen LogP contribution in [0.5, 0.6) is 5.75 Å². The maximum atomic E-state index is 7.15. The molecular weight excluding hydrogens is 921 g/mol. The molecule has 2 heterocycles. The Bertz CT molecular complexity index is 4100. The fraction of sp³-hybridized carbons (Fsp3) is 0.151. The van der Waals surface area contributed by atoms with Crippen molar-refractivity contribution < 1.29 is 4.74 Å². The molecule has 1 aromatic heterocycles. The van der Waals surface area contributed by atoms with E-state index in [4.69, 9.17) is 4.74 Å². The summed E-state index contributed by atoms with van der Waals surface area (Å²) in [5, 5.41) is 4.86. The lowest BCUT2D eigenvalue weighted by Crippen LogP contribution is -2.32. The first-order valence-electron chi connectivity index (χ1n) is 26.9. The third-order valence-corrected chi connectivity index (χ3v) is 16.1. The number of anilines is 3. The van der Waals surface area contributed by atoms with E-state index in [1.165, 1.54) is 66.0 Å². The van der Waals surface area contributed by atoms with Gasteiger partial charge in [-0.1, -0.05) is 236 Å². The molecule has 1 aliphatic carbocycles. The van der Waals surface area contributed by atoms with Crippen LogP contribution in [0.25, 0.3) is 82.8 Å². The molecule has 2 atom stereocenters. The van der Waals surface area contributed by atoms with E-state index < -0.39 is 5.60 Å². The predicted molar refractivity (Wildman–Crippen MR) is 322 cm³/mol. The summed E-state index contributed by atoms with van der Waals surface area (Å²) >= 11 is 0. The highest BCUT2D eigenvalue weighted by molar-refractivity contribution is 6.17. The Labute approximate surface area is 447 Å². The summed E-state index contributed by atoms with van der Waals surface area (Å²) in [6.45, 7) is 16.2. The zero-order chi connectivity index (χ0) is 51.9. The molecule has 76 heavy (non-hydrogen) atoms. The number of hydrogen-bond donors (Lipinski definition) is 0. The van der Waals surface area contributed by atoms with Crippen LogP contribution in [0.15, 0.2) is 243 Å². The molecule has 0 amide bonds. The smallest absolute Gasteiger partial charge is 0.135 e. The van der Waals surface area contributed by atoms with Gasteiger partial charge >= 0.3 is 0 Å². The maximum absolute atomic E-state index is 7.15. The largest absolute Gasteiger partial charge is 0.482 e.